The van der Waals surface area contributed by atoms with Crippen molar-refractivity contribution in [3.05, 3.63) is 15.9 Å². The monoisotopic (exact) mass is 344 g/mol. The third kappa shape index (κ3) is 3.32. The van der Waals surface area contributed by atoms with Gasteiger partial charge in [-0.3, -0.25) is 9.58 Å². The number of nitrogens with zero attached hydrogens (tertiary/aromatic N) is 3. The van der Waals surface area contributed by atoms with Gasteiger partial charge in [0.1, 0.15) is 0 Å². The molecular formula is C13H21BrN4O2. The fraction of sp³-hybridized carbons (Fsp3) is 0.692. The molecule has 7 heteroatoms. The van der Waals surface area contributed by atoms with Crippen molar-refractivity contribution in [2.24, 2.45) is 7.05 Å². The molecular weight excluding hydrogens is 324 g/mol. The summed E-state index contributed by atoms with van der Waals surface area (Å²) in [6.45, 7) is 4.74. The van der Waals surface area contributed by atoms with Crippen molar-refractivity contribution in [1.82, 2.24) is 20.0 Å². The smallest absolute Gasteiger partial charge is 0.407 e. The van der Waals surface area contributed by atoms with Gasteiger partial charge in [0.2, 0.25) is 0 Å². The van der Waals surface area contributed by atoms with E-state index in [1.165, 1.54) is 12.8 Å². The van der Waals surface area contributed by atoms with Gasteiger partial charge in [0.05, 0.1) is 23.0 Å². The van der Waals surface area contributed by atoms with Gasteiger partial charge in [0, 0.05) is 32.7 Å². The lowest BCUT2D eigenvalue weighted by Gasteiger charge is -2.16. The van der Waals surface area contributed by atoms with E-state index in [9.17, 15) is 4.79 Å². The third-order valence-corrected chi connectivity index (χ3v) is 4.57. The molecule has 0 bridgehead atoms. The first kappa shape index (κ1) is 15.3. The van der Waals surface area contributed by atoms with E-state index in [0.29, 0.717) is 0 Å². The van der Waals surface area contributed by atoms with Crippen molar-refractivity contribution in [2.75, 3.05) is 20.2 Å². The average Bonchev–Trinajstić information content (AvgIpc) is 2.98. The molecule has 1 fully saturated rings. The van der Waals surface area contributed by atoms with Crippen LogP contribution in [0.3, 0.4) is 0 Å². The fourth-order valence-electron chi connectivity index (χ4n) is 2.52. The highest BCUT2D eigenvalue weighted by molar-refractivity contribution is 9.10. The summed E-state index contributed by atoms with van der Waals surface area (Å²) in [5.41, 5.74) is 2.27. The molecule has 1 aromatic heterocycles. The molecule has 1 amide bonds. The summed E-state index contributed by atoms with van der Waals surface area (Å²) >= 11 is 3.64. The van der Waals surface area contributed by atoms with Crippen molar-refractivity contribution >= 4 is 22.0 Å². The second-order valence-corrected chi connectivity index (χ2v) is 5.83. The standard InChI is InChI=1S/C13H21BrN4O2/c1-4-10-12(14)11(17(2)16-10)8-18-6-5-9(7-18)15-13(19)20-3/h9H,4-8H2,1-3H3,(H,15,19). The first-order valence-corrected chi connectivity index (χ1v) is 7.61. The van der Waals surface area contributed by atoms with Gasteiger partial charge in [-0.1, -0.05) is 6.92 Å². The number of carbonyl (C=O) groups is 1. The molecule has 2 rings (SSSR count). The molecule has 1 saturated heterocycles. The number of aromatic nitrogens is 2. The maximum atomic E-state index is 11.2. The predicted molar refractivity (Wildman–Crippen MR) is 79.5 cm³/mol. The number of methoxy groups -OCH3 is 1. The minimum Gasteiger partial charge on any atom is -0.453 e. The highest BCUT2D eigenvalue weighted by Gasteiger charge is 2.26. The maximum absolute atomic E-state index is 11.2. The fourth-order valence-corrected chi connectivity index (χ4v) is 3.26. The van der Waals surface area contributed by atoms with E-state index in [0.717, 1.165) is 42.6 Å². The zero-order valence-electron chi connectivity index (χ0n) is 12.1. The first-order chi connectivity index (χ1) is 9.55. The van der Waals surface area contributed by atoms with Crippen molar-refractivity contribution < 1.29 is 9.53 Å². The second kappa shape index (κ2) is 6.58. The zero-order chi connectivity index (χ0) is 14.7. The number of alkyl carbamates (subject to hydrolysis) is 1. The van der Waals surface area contributed by atoms with Crippen LogP contribution in [0, 0.1) is 0 Å². The van der Waals surface area contributed by atoms with Gasteiger partial charge in [-0.25, -0.2) is 4.79 Å². The quantitative estimate of drug-likeness (QED) is 0.902. The highest BCUT2D eigenvalue weighted by Crippen LogP contribution is 2.24. The number of rotatable bonds is 4. The molecule has 1 aliphatic heterocycles. The minimum absolute atomic E-state index is 0.167. The molecule has 6 nitrogen and oxygen atoms in total. The van der Waals surface area contributed by atoms with Crippen molar-refractivity contribution in [1.29, 1.82) is 0 Å². The molecule has 0 aliphatic carbocycles. The molecule has 0 radical (unpaired) electrons. The zero-order valence-corrected chi connectivity index (χ0v) is 13.7. The van der Waals surface area contributed by atoms with E-state index in [4.69, 9.17) is 0 Å². The minimum atomic E-state index is -0.355. The Morgan fingerprint density at radius 3 is 2.95 bits per heavy atom. The summed E-state index contributed by atoms with van der Waals surface area (Å²) in [5, 5.41) is 7.36. The number of halogens is 1. The van der Waals surface area contributed by atoms with Gasteiger partial charge in [-0.05, 0) is 28.8 Å². The van der Waals surface area contributed by atoms with Gasteiger partial charge in [0.15, 0.2) is 0 Å². The molecule has 20 heavy (non-hydrogen) atoms. The SMILES string of the molecule is CCc1nn(C)c(CN2CCC(NC(=O)OC)C2)c1Br. The summed E-state index contributed by atoms with van der Waals surface area (Å²) in [7, 11) is 3.36. The molecule has 1 atom stereocenters. The van der Waals surface area contributed by atoms with Crippen LogP contribution < -0.4 is 5.32 Å². The maximum Gasteiger partial charge on any atom is 0.407 e. The normalized spacial score (nSPS) is 19.3. The second-order valence-electron chi connectivity index (χ2n) is 5.04. The highest BCUT2D eigenvalue weighted by atomic mass is 79.9. The first-order valence-electron chi connectivity index (χ1n) is 6.82. The molecule has 1 unspecified atom stereocenters. The summed E-state index contributed by atoms with van der Waals surface area (Å²) in [4.78, 5) is 13.5. The molecule has 2 heterocycles. The average molecular weight is 345 g/mol. The molecule has 1 aromatic rings. The van der Waals surface area contributed by atoms with E-state index in [1.807, 2.05) is 11.7 Å². The summed E-state index contributed by atoms with van der Waals surface area (Å²) in [5.74, 6) is 0. The largest absolute Gasteiger partial charge is 0.453 e. The molecule has 112 valence electrons. The van der Waals surface area contributed by atoms with Crippen LogP contribution in [0.2, 0.25) is 0 Å². The van der Waals surface area contributed by atoms with Crippen molar-refractivity contribution in [2.45, 2.75) is 32.4 Å². The van der Waals surface area contributed by atoms with Crippen molar-refractivity contribution in [3.8, 4) is 0 Å². The number of aryl methyl sites for hydroxylation is 2. The van der Waals surface area contributed by atoms with Gasteiger partial charge in [-0.15, -0.1) is 0 Å². The molecule has 0 spiro atoms. The summed E-state index contributed by atoms with van der Waals surface area (Å²) in [6, 6.07) is 0.167. The van der Waals surface area contributed by atoms with E-state index >= 15 is 0 Å². The number of nitrogens with one attached hydrogen (secondary N) is 1. The van der Waals surface area contributed by atoms with E-state index in [2.05, 4.69) is 42.9 Å². The van der Waals surface area contributed by atoms with Gasteiger partial charge in [0.25, 0.3) is 0 Å². The Kier molecular flexibility index (Phi) is 5.04. The molecule has 0 aromatic carbocycles. The topological polar surface area (TPSA) is 59.4 Å². The van der Waals surface area contributed by atoms with Crippen LogP contribution in [0.15, 0.2) is 4.47 Å². The van der Waals surface area contributed by atoms with Gasteiger partial charge < -0.3 is 10.1 Å². The van der Waals surface area contributed by atoms with Crippen LogP contribution in [0.1, 0.15) is 24.7 Å². The van der Waals surface area contributed by atoms with E-state index in [1.54, 1.807) is 0 Å². The lowest BCUT2D eigenvalue weighted by atomic mass is 10.3. The number of carbonyl (C=O) groups excluding carboxylic acids is 1. The van der Waals surface area contributed by atoms with Crippen LogP contribution in [0.5, 0.6) is 0 Å². The third-order valence-electron chi connectivity index (χ3n) is 3.66. The van der Waals surface area contributed by atoms with Crippen LogP contribution >= 0.6 is 15.9 Å². The Morgan fingerprint density at radius 2 is 2.35 bits per heavy atom. The molecule has 1 N–H and O–H groups in total. The van der Waals surface area contributed by atoms with Crippen LogP contribution in [-0.2, 0) is 24.8 Å². The Balaban J connectivity index is 1.95. The van der Waals surface area contributed by atoms with E-state index < -0.39 is 0 Å². The summed E-state index contributed by atoms with van der Waals surface area (Å²) < 4.78 is 7.67. The van der Waals surface area contributed by atoms with Gasteiger partial charge >= 0.3 is 6.09 Å². The number of likely N-dealkylation sites (tertiary alicyclic amines) is 1. The summed E-state index contributed by atoms with van der Waals surface area (Å²) in [6.07, 6.45) is 1.51. The van der Waals surface area contributed by atoms with Gasteiger partial charge in [-0.2, -0.15) is 5.10 Å². The predicted octanol–water partition coefficient (Wildman–Crippen LogP) is 1.68. The Morgan fingerprint density at radius 1 is 1.60 bits per heavy atom. The van der Waals surface area contributed by atoms with Crippen LogP contribution in [-0.4, -0.2) is 47.0 Å². The number of hydrogen-bond acceptors (Lipinski definition) is 4. The molecule has 1 aliphatic rings. The lowest BCUT2D eigenvalue weighted by molar-refractivity contribution is 0.166. The Bertz CT molecular complexity index is 489. The molecule has 0 saturated carbocycles. The van der Waals surface area contributed by atoms with E-state index in [-0.39, 0.29) is 12.1 Å². The number of ether oxygens (including phenoxy) is 1. The van der Waals surface area contributed by atoms with Crippen molar-refractivity contribution in [3.63, 3.8) is 0 Å². The Labute approximate surface area is 127 Å². The number of amides is 1. The van der Waals surface area contributed by atoms with Crippen LogP contribution in [0.4, 0.5) is 4.79 Å². The lowest BCUT2D eigenvalue weighted by Crippen LogP contribution is -2.36. The number of hydrogen-bond donors (Lipinski definition) is 1. The van der Waals surface area contributed by atoms with Crippen LogP contribution in [0.25, 0.3) is 0 Å². The Hall–Kier alpha value is -1.08.